The highest BCUT2D eigenvalue weighted by Gasteiger charge is 2.55. The number of esters is 1. The predicted octanol–water partition coefficient (Wildman–Crippen LogP) is 4.64. The molecule has 4 aliphatic carbocycles. The first-order valence-electron chi connectivity index (χ1n) is 11.5. The lowest BCUT2D eigenvalue weighted by atomic mass is 9.51. The number of rotatable bonds is 8. The van der Waals surface area contributed by atoms with Gasteiger partial charge in [0.1, 0.15) is 12.1 Å². The van der Waals surface area contributed by atoms with Crippen LogP contribution in [0.25, 0.3) is 0 Å². The highest BCUT2D eigenvalue weighted by Crippen LogP contribution is 2.62. The molecule has 4 fully saturated rings. The van der Waals surface area contributed by atoms with Crippen LogP contribution in [0.2, 0.25) is 0 Å². The van der Waals surface area contributed by atoms with Gasteiger partial charge in [-0.1, -0.05) is 34.4 Å². The molecular formula is C23H37IN2O4S. The number of urea groups is 1. The topological polar surface area (TPSA) is 75.7 Å². The number of carbonyl (C=O) groups is 3. The third kappa shape index (κ3) is 6.98. The Hall–Kier alpha value is -0.510. The molecule has 8 heteroatoms. The molecule has 6 nitrogen and oxygen atoms in total. The molecule has 1 N–H and O–H groups in total. The molecule has 0 aliphatic heterocycles. The quantitative estimate of drug-likeness (QED) is 0.264. The number of hydrogen-bond donors (Lipinski definition) is 1. The SMILES string of the molecule is CC(=O)SCCN(CCC1C2CC3CC(C2)CC1(I)C3)C(=O)NCC(=O)OC(C)(C)C. The summed E-state index contributed by atoms with van der Waals surface area (Å²) < 4.78 is 5.68. The number of alkyl halides is 1. The predicted molar refractivity (Wildman–Crippen MR) is 132 cm³/mol. The Morgan fingerprint density at radius 3 is 2.32 bits per heavy atom. The van der Waals surface area contributed by atoms with Crippen LogP contribution in [0, 0.1) is 23.7 Å². The highest BCUT2D eigenvalue weighted by molar-refractivity contribution is 14.1. The van der Waals surface area contributed by atoms with Gasteiger partial charge in [-0.2, -0.15) is 0 Å². The second-order valence-electron chi connectivity index (χ2n) is 10.6. The van der Waals surface area contributed by atoms with Gasteiger partial charge in [0.15, 0.2) is 5.12 Å². The highest BCUT2D eigenvalue weighted by atomic mass is 127. The summed E-state index contributed by atoms with van der Waals surface area (Å²) in [6.07, 6.45) is 7.80. The summed E-state index contributed by atoms with van der Waals surface area (Å²) in [5.74, 6) is 3.40. The smallest absolute Gasteiger partial charge is 0.325 e. The Bertz CT molecular complexity index is 682. The van der Waals surface area contributed by atoms with E-state index in [1.165, 1.54) is 43.9 Å². The zero-order valence-corrected chi connectivity index (χ0v) is 22.2. The van der Waals surface area contributed by atoms with Gasteiger partial charge in [0.25, 0.3) is 0 Å². The standard InChI is InChI=1S/C23H37IN2O4S/c1-15(27)31-8-7-26(21(29)25-14-20(28)30-22(2,3)4)6-5-19-18-10-16-9-17(11-18)13-23(19,24)12-16/h16-19H,5-14H2,1-4H3,(H,25,29). The Kier molecular flexibility index (Phi) is 8.25. The lowest BCUT2D eigenvalue weighted by Gasteiger charge is -2.59. The molecule has 31 heavy (non-hydrogen) atoms. The van der Waals surface area contributed by atoms with Crippen LogP contribution in [-0.4, -0.2) is 56.4 Å². The molecule has 4 rings (SSSR count). The molecule has 0 aromatic carbocycles. The first-order valence-corrected chi connectivity index (χ1v) is 13.6. The number of nitrogens with one attached hydrogen (secondary N) is 1. The molecule has 3 atom stereocenters. The zero-order chi connectivity index (χ0) is 22.8. The van der Waals surface area contributed by atoms with Crippen LogP contribution in [-0.2, 0) is 14.3 Å². The molecule has 0 spiro atoms. The summed E-state index contributed by atoms with van der Waals surface area (Å²) in [5, 5.41) is 2.78. The maximum atomic E-state index is 12.9. The minimum Gasteiger partial charge on any atom is -0.459 e. The number of ether oxygens (including phenoxy) is 1. The van der Waals surface area contributed by atoms with Gasteiger partial charge in [0.05, 0.1) is 0 Å². The van der Waals surface area contributed by atoms with Crippen LogP contribution in [0.15, 0.2) is 0 Å². The van der Waals surface area contributed by atoms with Crippen molar-refractivity contribution in [3.63, 3.8) is 0 Å². The van der Waals surface area contributed by atoms with Crippen molar-refractivity contribution >= 4 is 51.5 Å². The number of hydrogen-bond acceptors (Lipinski definition) is 5. The summed E-state index contributed by atoms with van der Waals surface area (Å²) in [7, 11) is 0. The van der Waals surface area contributed by atoms with Gasteiger partial charge in [-0.05, 0) is 83.0 Å². The van der Waals surface area contributed by atoms with E-state index in [0.29, 0.717) is 28.2 Å². The molecule has 4 saturated carbocycles. The van der Waals surface area contributed by atoms with Gasteiger partial charge in [-0.3, -0.25) is 9.59 Å². The first kappa shape index (κ1) is 25.1. The van der Waals surface area contributed by atoms with Crippen LogP contribution in [0.1, 0.15) is 66.2 Å². The van der Waals surface area contributed by atoms with Crippen LogP contribution in [0.4, 0.5) is 4.79 Å². The van der Waals surface area contributed by atoms with E-state index in [9.17, 15) is 14.4 Å². The average molecular weight is 565 g/mol. The van der Waals surface area contributed by atoms with Gasteiger partial charge in [0, 0.05) is 29.2 Å². The van der Waals surface area contributed by atoms with E-state index in [2.05, 4.69) is 27.9 Å². The maximum Gasteiger partial charge on any atom is 0.325 e. The van der Waals surface area contributed by atoms with Gasteiger partial charge in [0.2, 0.25) is 0 Å². The fraction of sp³-hybridized carbons (Fsp3) is 0.870. The van der Waals surface area contributed by atoms with E-state index in [-0.39, 0.29) is 17.7 Å². The number of amides is 2. The van der Waals surface area contributed by atoms with E-state index in [4.69, 9.17) is 4.74 Å². The van der Waals surface area contributed by atoms with Crippen molar-refractivity contribution in [2.75, 3.05) is 25.4 Å². The monoisotopic (exact) mass is 564 g/mol. The number of nitrogens with zero attached hydrogens (tertiary/aromatic N) is 1. The molecule has 3 unspecified atom stereocenters. The van der Waals surface area contributed by atoms with E-state index in [1.807, 2.05) is 20.8 Å². The van der Waals surface area contributed by atoms with Crippen molar-refractivity contribution in [2.24, 2.45) is 23.7 Å². The van der Waals surface area contributed by atoms with Crippen molar-refractivity contribution in [1.82, 2.24) is 10.2 Å². The Morgan fingerprint density at radius 2 is 1.77 bits per heavy atom. The van der Waals surface area contributed by atoms with Crippen molar-refractivity contribution in [3.05, 3.63) is 0 Å². The van der Waals surface area contributed by atoms with Crippen molar-refractivity contribution in [3.8, 4) is 0 Å². The van der Waals surface area contributed by atoms with Crippen LogP contribution < -0.4 is 5.32 Å². The molecule has 176 valence electrons. The molecule has 4 aliphatic rings. The van der Waals surface area contributed by atoms with Crippen LogP contribution >= 0.6 is 34.4 Å². The molecule has 2 amide bonds. The Labute approximate surface area is 204 Å². The lowest BCUT2D eigenvalue weighted by molar-refractivity contribution is -0.153. The molecular weight excluding hydrogens is 527 g/mol. The van der Waals surface area contributed by atoms with Crippen molar-refractivity contribution < 1.29 is 19.1 Å². The summed E-state index contributed by atoms with van der Waals surface area (Å²) >= 11 is 3.98. The molecule has 0 radical (unpaired) electrons. The normalized spacial score (nSPS) is 31.4. The minimum atomic E-state index is -0.576. The third-order valence-corrected chi connectivity index (χ3v) is 9.37. The zero-order valence-electron chi connectivity index (χ0n) is 19.2. The second-order valence-corrected chi connectivity index (χ2v) is 14.0. The third-order valence-electron chi connectivity index (χ3n) is 6.90. The maximum absolute atomic E-state index is 12.9. The summed E-state index contributed by atoms with van der Waals surface area (Å²) in [4.78, 5) is 38.0. The van der Waals surface area contributed by atoms with E-state index >= 15 is 0 Å². The summed E-state index contributed by atoms with van der Waals surface area (Å²) in [6.45, 7) is 8.00. The largest absolute Gasteiger partial charge is 0.459 e. The van der Waals surface area contributed by atoms with Gasteiger partial charge >= 0.3 is 12.0 Å². The Balaban J connectivity index is 1.56. The van der Waals surface area contributed by atoms with Crippen molar-refractivity contribution in [2.45, 2.75) is 75.2 Å². The van der Waals surface area contributed by atoms with Gasteiger partial charge in [-0.15, -0.1) is 0 Å². The molecule has 0 saturated heterocycles. The fourth-order valence-electron chi connectivity index (χ4n) is 6.09. The van der Waals surface area contributed by atoms with Crippen LogP contribution in [0.5, 0.6) is 0 Å². The summed E-state index contributed by atoms with van der Waals surface area (Å²) in [6, 6.07) is -0.249. The fourth-order valence-corrected chi connectivity index (χ4v) is 8.75. The molecule has 0 aromatic heterocycles. The second kappa shape index (κ2) is 10.2. The Morgan fingerprint density at radius 1 is 1.13 bits per heavy atom. The van der Waals surface area contributed by atoms with E-state index in [0.717, 1.165) is 24.2 Å². The number of halogens is 1. The number of thioether (sulfide) groups is 1. The van der Waals surface area contributed by atoms with E-state index < -0.39 is 11.6 Å². The van der Waals surface area contributed by atoms with Crippen molar-refractivity contribution in [1.29, 1.82) is 0 Å². The summed E-state index contributed by atoms with van der Waals surface area (Å²) in [5.41, 5.74) is -0.576. The minimum absolute atomic E-state index is 0.0568. The lowest BCUT2D eigenvalue weighted by Crippen LogP contribution is -2.54. The molecule has 0 aromatic rings. The van der Waals surface area contributed by atoms with Gasteiger partial charge in [-0.25, -0.2) is 4.79 Å². The first-order chi connectivity index (χ1) is 14.4. The van der Waals surface area contributed by atoms with Gasteiger partial charge < -0.3 is 15.0 Å². The van der Waals surface area contributed by atoms with Crippen LogP contribution in [0.3, 0.4) is 0 Å². The van der Waals surface area contributed by atoms with E-state index in [1.54, 1.807) is 11.8 Å². The average Bonchev–Trinajstić information content (AvgIpc) is 2.61. The molecule has 0 heterocycles. The number of carbonyl (C=O) groups excluding carboxylic acids is 3. The molecule has 4 bridgehead atoms.